The first-order valence-corrected chi connectivity index (χ1v) is 5.59. The molecule has 17 heavy (non-hydrogen) atoms. The molecule has 1 aliphatic rings. The monoisotopic (exact) mass is 232 g/mol. The molecular weight excluding hydrogens is 216 g/mol. The number of ether oxygens (including phenoxy) is 1. The van der Waals surface area contributed by atoms with E-state index in [0.29, 0.717) is 17.9 Å². The molecule has 0 aromatic heterocycles. The fraction of sp³-hybridized carbons (Fsp3) is 0.462. The fourth-order valence-corrected chi connectivity index (χ4v) is 2.31. The maximum atomic E-state index is 9.35. The SMILES string of the molecule is COc1ccc(C2CC2(CN)CO)cc1C#N. The van der Waals surface area contributed by atoms with Gasteiger partial charge in [0.05, 0.1) is 19.3 Å². The molecule has 0 saturated heterocycles. The molecule has 3 N–H and O–H groups in total. The molecule has 0 spiro atoms. The van der Waals surface area contributed by atoms with E-state index in [1.165, 1.54) is 0 Å². The maximum Gasteiger partial charge on any atom is 0.136 e. The van der Waals surface area contributed by atoms with Gasteiger partial charge in [0.1, 0.15) is 11.8 Å². The molecule has 1 aliphatic carbocycles. The predicted molar refractivity (Wildman–Crippen MR) is 63.6 cm³/mol. The van der Waals surface area contributed by atoms with Crippen molar-refractivity contribution in [2.24, 2.45) is 11.1 Å². The highest BCUT2D eigenvalue weighted by molar-refractivity contribution is 5.47. The molecule has 4 heteroatoms. The normalized spacial score (nSPS) is 26.4. The van der Waals surface area contributed by atoms with Gasteiger partial charge < -0.3 is 15.6 Å². The molecule has 2 atom stereocenters. The highest BCUT2D eigenvalue weighted by Gasteiger charge is 2.53. The Morgan fingerprint density at radius 1 is 1.65 bits per heavy atom. The van der Waals surface area contributed by atoms with Crippen molar-refractivity contribution in [3.63, 3.8) is 0 Å². The van der Waals surface area contributed by atoms with Gasteiger partial charge in [0.25, 0.3) is 0 Å². The minimum atomic E-state index is -0.179. The lowest BCUT2D eigenvalue weighted by Crippen LogP contribution is -2.21. The van der Waals surface area contributed by atoms with Gasteiger partial charge in [-0.25, -0.2) is 0 Å². The Kier molecular flexibility index (Phi) is 3.05. The van der Waals surface area contributed by atoms with Gasteiger partial charge in [0, 0.05) is 12.0 Å². The Morgan fingerprint density at radius 3 is 2.88 bits per heavy atom. The summed E-state index contributed by atoms with van der Waals surface area (Å²) >= 11 is 0. The minimum absolute atomic E-state index is 0.0993. The van der Waals surface area contributed by atoms with Crippen molar-refractivity contribution in [2.75, 3.05) is 20.3 Å². The molecule has 1 aromatic carbocycles. The summed E-state index contributed by atoms with van der Waals surface area (Å²) < 4.78 is 5.10. The number of hydrogen-bond donors (Lipinski definition) is 2. The lowest BCUT2D eigenvalue weighted by atomic mass is 9.98. The smallest absolute Gasteiger partial charge is 0.136 e. The first kappa shape index (κ1) is 11.9. The number of benzene rings is 1. The van der Waals surface area contributed by atoms with E-state index >= 15 is 0 Å². The summed E-state index contributed by atoms with van der Waals surface area (Å²) in [7, 11) is 1.55. The maximum absolute atomic E-state index is 9.35. The summed E-state index contributed by atoms with van der Waals surface area (Å²) in [6.07, 6.45) is 0.886. The van der Waals surface area contributed by atoms with Gasteiger partial charge in [0.15, 0.2) is 0 Å². The average Bonchev–Trinajstić information content (AvgIpc) is 3.13. The first-order chi connectivity index (χ1) is 8.20. The zero-order valence-corrected chi connectivity index (χ0v) is 9.81. The zero-order valence-electron chi connectivity index (χ0n) is 9.81. The second kappa shape index (κ2) is 4.36. The van der Waals surface area contributed by atoms with Crippen LogP contribution in [0.2, 0.25) is 0 Å². The lowest BCUT2D eigenvalue weighted by molar-refractivity contribution is 0.211. The van der Waals surface area contributed by atoms with Gasteiger partial charge in [0.2, 0.25) is 0 Å². The van der Waals surface area contributed by atoms with Crippen LogP contribution in [-0.4, -0.2) is 25.4 Å². The van der Waals surface area contributed by atoms with Crippen LogP contribution in [0.3, 0.4) is 0 Å². The molecule has 0 amide bonds. The van der Waals surface area contributed by atoms with Crippen LogP contribution in [0.25, 0.3) is 0 Å². The second-order valence-electron chi connectivity index (χ2n) is 4.55. The van der Waals surface area contributed by atoms with E-state index in [1.54, 1.807) is 13.2 Å². The average molecular weight is 232 g/mol. The van der Waals surface area contributed by atoms with Gasteiger partial charge in [-0.15, -0.1) is 0 Å². The number of nitrogens with zero attached hydrogens (tertiary/aromatic N) is 1. The molecule has 1 fully saturated rings. The van der Waals surface area contributed by atoms with Crippen molar-refractivity contribution in [1.82, 2.24) is 0 Å². The van der Waals surface area contributed by atoms with Crippen LogP contribution in [0.15, 0.2) is 18.2 Å². The van der Waals surface area contributed by atoms with Gasteiger partial charge in [-0.1, -0.05) is 6.07 Å². The molecule has 2 unspecified atom stereocenters. The summed E-state index contributed by atoms with van der Waals surface area (Å²) in [4.78, 5) is 0. The van der Waals surface area contributed by atoms with Crippen molar-refractivity contribution < 1.29 is 9.84 Å². The third kappa shape index (κ3) is 1.88. The molecule has 4 nitrogen and oxygen atoms in total. The largest absolute Gasteiger partial charge is 0.495 e. The molecule has 1 aromatic rings. The van der Waals surface area contributed by atoms with Crippen molar-refractivity contribution in [2.45, 2.75) is 12.3 Å². The number of nitrogens with two attached hydrogens (primary N) is 1. The van der Waals surface area contributed by atoms with Gasteiger partial charge in [-0.3, -0.25) is 0 Å². The van der Waals surface area contributed by atoms with Crippen LogP contribution >= 0.6 is 0 Å². The highest BCUT2D eigenvalue weighted by atomic mass is 16.5. The van der Waals surface area contributed by atoms with E-state index in [4.69, 9.17) is 15.7 Å². The van der Waals surface area contributed by atoms with Crippen molar-refractivity contribution >= 4 is 0 Å². The predicted octanol–water partition coefficient (Wildman–Crippen LogP) is 0.992. The number of aliphatic hydroxyl groups is 1. The molecule has 2 rings (SSSR count). The van der Waals surface area contributed by atoms with Gasteiger partial charge in [-0.05, 0) is 30.0 Å². The molecule has 0 bridgehead atoms. The van der Waals surface area contributed by atoms with E-state index < -0.39 is 0 Å². The molecule has 0 radical (unpaired) electrons. The Morgan fingerprint density at radius 2 is 2.41 bits per heavy atom. The number of nitriles is 1. The van der Waals surface area contributed by atoms with Gasteiger partial charge >= 0.3 is 0 Å². The second-order valence-corrected chi connectivity index (χ2v) is 4.55. The number of methoxy groups -OCH3 is 1. The van der Waals surface area contributed by atoms with E-state index in [1.807, 2.05) is 12.1 Å². The Hall–Kier alpha value is -1.57. The summed E-state index contributed by atoms with van der Waals surface area (Å²) in [5, 5.41) is 18.4. The van der Waals surface area contributed by atoms with Crippen LogP contribution in [0.5, 0.6) is 5.75 Å². The van der Waals surface area contributed by atoms with Crippen LogP contribution < -0.4 is 10.5 Å². The summed E-state index contributed by atoms with van der Waals surface area (Å²) in [5.74, 6) is 0.842. The molecule has 90 valence electrons. The third-order valence-electron chi connectivity index (χ3n) is 3.66. The number of hydrogen-bond acceptors (Lipinski definition) is 4. The Labute approximate surface area is 101 Å². The topological polar surface area (TPSA) is 79.3 Å². The number of rotatable bonds is 4. The fourth-order valence-electron chi connectivity index (χ4n) is 2.31. The highest BCUT2D eigenvalue weighted by Crippen LogP contribution is 2.58. The molecule has 0 aliphatic heterocycles. The Balaban J connectivity index is 2.28. The molecular formula is C13H16N2O2. The van der Waals surface area contributed by atoms with Crippen LogP contribution in [0.4, 0.5) is 0 Å². The van der Waals surface area contributed by atoms with Crippen molar-refractivity contribution in [3.8, 4) is 11.8 Å². The minimum Gasteiger partial charge on any atom is -0.495 e. The van der Waals surface area contributed by atoms with Crippen molar-refractivity contribution in [3.05, 3.63) is 29.3 Å². The summed E-state index contributed by atoms with van der Waals surface area (Å²) in [5.41, 5.74) is 7.09. The van der Waals surface area contributed by atoms with E-state index in [9.17, 15) is 5.11 Å². The molecule has 1 saturated carbocycles. The summed E-state index contributed by atoms with van der Waals surface area (Å²) in [6.45, 7) is 0.574. The van der Waals surface area contributed by atoms with E-state index in [2.05, 4.69) is 6.07 Å². The molecule has 0 heterocycles. The van der Waals surface area contributed by atoms with E-state index in [-0.39, 0.29) is 17.9 Å². The standard InChI is InChI=1S/C13H16N2O2/c1-17-12-3-2-9(4-10(12)6-14)11-5-13(11,7-15)8-16/h2-4,11,16H,5,7-8,15H2,1H3. The Bertz CT molecular complexity index is 461. The van der Waals surface area contributed by atoms with Crippen LogP contribution in [-0.2, 0) is 0 Å². The van der Waals surface area contributed by atoms with Crippen molar-refractivity contribution in [1.29, 1.82) is 5.26 Å². The quantitative estimate of drug-likeness (QED) is 0.811. The lowest BCUT2D eigenvalue weighted by Gasteiger charge is -2.12. The van der Waals surface area contributed by atoms with Crippen LogP contribution in [0, 0.1) is 16.7 Å². The van der Waals surface area contributed by atoms with Crippen LogP contribution in [0.1, 0.15) is 23.5 Å². The first-order valence-electron chi connectivity index (χ1n) is 5.59. The third-order valence-corrected chi connectivity index (χ3v) is 3.66. The summed E-state index contributed by atoms with van der Waals surface area (Å²) in [6, 6.07) is 7.68. The zero-order chi connectivity index (χ0) is 12.5. The van der Waals surface area contributed by atoms with Gasteiger partial charge in [-0.2, -0.15) is 5.26 Å². The van der Waals surface area contributed by atoms with E-state index in [0.717, 1.165) is 12.0 Å². The number of aliphatic hydroxyl groups excluding tert-OH is 1.